The standard InChI is InChI=1S/C16H30N2/c1-2-4-16(15-7-10-17-11-8-15)18(12-3-1)13-9-14-5-6-14/h14-17H,1-13H2. The highest BCUT2D eigenvalue weighted by Crippen LogP contribution is 2.34. The van der Waals surface area contributed by atoms with Crippen LogP contribution in [0, 0.1) is 11.8 Å². The van der Waals surface area contributed by atoms with Gasteiger partial charge in [0.2, 0.25) is 0 Å². The second-order valence-corrected chi connectivity index (χ2v) is 6.77. The molecule has 3 rings (SSSR count). The lowest BCUT2D eigenvalue weighted by Crippen LogP contribution is -2.44. The van der Waals surface area contributed by atoms with E-state index in [0.717, 1.165) is 17.9 Å². The first-order valence-corrected chi connectivity index (χ1v) is 8.38. The largest absolute Gasteiger partial charge is 0.317 e. The minimum Gasteiger partial charge on any atom is -0.317 e. The normalized spacial score (nSPS) is 32.3. The van der Waals surface area contributed by atoms with Crippen LogP contribution in [0.5, 0.6) is 0 Å². The van der Waals surface area contributed by atoms with Crippen molar-refractivity contribution in [2.24, 2.45) is 11.8 Å². The lowest BCUT2D eigenvalue weighted by atomic mass is 9.86. The minimum atomic E-state index is 0.924. The van der Waals surface area contributed by atoms with Gasteiger partial charge in [-0.1, -0.05) is 25.7 Å². The summed E-state index contributed by atoms with van der Waals surface area (Å²) >= 11 is 0. The summed E-state index contributed by atoms with van der Waals surface area (Å²) in [5.41, 5.74) is 0. The van der Waals surface area contributed by atoms with Crippen molar-refractivity contribution in [3.05, 3.63) is 0 Å². The molecule has 3 fully saturated rings. The molecule has 1 N–H and O–H groups in total. The monoisotopic (exact) mass is 250 g/mol. The van der Waals surface area contributed by atoms with Crippen LogP contribution in [0.25, 0.3) is 0 Å². The number of likely N-dealkylation sites (tertiary alicyclic amines) is 1. The number of hydrogen-bond acceptors (Lipinski definition) is 2. The van der Waals surface area contributed by atoms with Crippen LogP contribution in [0.15, 0.2) is 0 Å². The Morgan fingerprint density at radius 2 is 1.72 bits per heavy atom. The summed E-state index contributed by atoms with van der Waals surface area (Å²) in [7, 11) is 0. The van der Waals surface area contributed by atoms with Crippen LogP contribution in [0.3, 0.4) is 0 Å². The second-order valence-electron chi connectivity index (χ2n) is 6.77. The summed E-state index contributed by atoms with van der Waals surface area (Å²) < 4.78 is 0. The number of nitrogens with zero attached hydrogens (tertiary/aromatic N) is 1. The number of rotatable bonds is 4. The van der Waals surface area contributed by atoms with Crippen LogP contribution in [-0.4, -0.2) is 37.1 Å². The quantitative estimate of drug-likeness (QED) is 0.825. The third-order valence-electron chi connectivity index (χ3n) is 5.36. The average Bonchev–Trinajstić information content (AvgIpc) is 3.24. The fourth-order valence-electron chi connectivity index (χ4n) is 3.99. The molecule has 0 amide bonds. The maximum Gasteiger partial charge on any atom is 0.0124 e. The fourth-order valence-corrected chi connectivity index (χ4v) is 3.99. The lowest BCUT2D eigenvalue weighted by Gasteiger charge is -2.38. The highest BCUT2D eigenvalue weighted by molar-refractivity contribution is 4.86. The molecule has 1 unspecified atom stereocenters. The van der Waals surface area contributed by atoms with E-state index in [9.17, 15) is 0 Å². The molecule has 18 heavy (non-hydrogen) atoms. The van der Waals surface area contributed by atoms with Crippen LogP contribution in [-0.2, 0) is 0 Å². The summed E-state index contributed by atoms with van der Waals surface area (Å²) in [4.78, 5) is 2.89. The van der Waals surface area contributed by atoms with Crippen molar-refractivity contribution in [3.63, 3.8) is 0 Å². The molecule has 2 nitrogen and oxygen atoms in total. The third kappa shape index (κ3) is 3.48. The van der Waals surface area contributed by atoms with Crippen molar-refractivity contribution in [1.82, 2.24) is 10.2 Å². The molecule has 0 aromatic heterocycles. The van der Waals surface area contributed by atoms with Crippen molar-refractivity contribution < 1.29 is 0 Å². The first-order valence-electron chi connectivity index (χ1n) is 8.38. The zero-order valence-corrected chi connectivity index (χ0v) is 11.9. The van der Waals surface area contributed by atoms with Gasteiger partial charge in [0, 0.05) is 6.04 Å². The molecule has 1 aliphatic carbocycles. The van der Waals surface area contributed by atoms with Crippen molar-refractivity contribution >= 4 is 0 Å². The lowest BCUT2D eigenvalue weighted by molar-refractivity contribution is 0.119. The summed E-state index contributed by atoms with van der Waals surface area (Å²) in [6, 6.07) is 0.924. The van der Waals surface area contributed by atoms with Crippen LogP contribution < -0.4 is 5.32 Å². The van der Waals surface area contributed by atoms with Gasteiger partial charge in [-0.05, 0) is 70.1 Å². The van der Waals surface area contributed by atoms with E-state index in [-0.39, 0.29) is 0 Å². The molecule has 0 aromatic rings. The number of nitrogens with one attached hydrogen (secondary N) is 1. The van der Waals surface area contributed by atoms with E-state index in [1.807, 2.05) is 0 Å². The summed E-state index contributed by atoms with van der Waals surface area (Å²) in [6.07, 6.45) is 13.3. The van der Waals surface area contributed by atoms with Gasteiger partial charge < -0.3 is 10.2 Å². The maximum atomic E-state index is 3.53. The van der Waals surface area contributed by atoms with Gasteiger partial charge in [-0.15, -0.1) is 0 Å². The number of piperidine rings is 1. The van der Waals surface area contributed by atoms with Crippen LogP contribution >= 0.6 is 0 Å². The molecule has 2 saturated heterocycles. The van der Waals surface area contributed by atoms with Crippen molar-refractivity contribution in [3.8, 4) is 0 Å². The molecule has 0 bridgehead atoms. The van der Waals surface area contributed by atoms with Crippen LogP contribution in [0.4, 0.5) is 0 Å². The Labute approximate surface area is 113 Å². The molecule has 2 heteroatoms. The van der Waals surface area contributed by atoms with Gasteiger partial charge in [0.15, 0.2) is 0 Å². The smallest absolute Gasteiger partial charge is 0.0124 e. The van der Waals surface area contributed by atoms with E-state index < -0.39 is 0 Å². The van der Waals surface area contributed by atoms with Crippen molar-refractivity contribution in [1.29, 1.82) is 0 Å². The Kier molecular flexibility index (Phi) is 4.58. The van der Waals surface area contributed by atoms with Gasteiger partial charge in [0.25, 0.3) is 0 Å². The van der Waals surface area contributed by atoms with Crippen molar-refractivity contribution in [2.45, 2.75) is 63.8 Å². The van der Waals surface area contributed by atoms with E-state index in [1.54, 1.807) is 0 Å². The molecule has 3 aliphatic rings. The zero-order chi connectivity index (χ0) is 12.2. The Balaban J connectivity index is 1.57. The molecular weight excluding hydrogens is 220 g/mol. The highest BCUT2D eigenvalue weighted by atomic mass is 15.2. The van der Waals surface area contributed by atoms with Crippen LogP contribution in [0.2, 0.25) is 0 Å². The SMILES string of the molecule is C1CCC(C2CCNCC2)N(CCC2CC2)CC1. The molecule has 2 heterocycles. The van der Waals surface area contributed by atoms with Gasteiger partial charge in [-0.2, -0.15) is 0 Å². The Hall–Kier alpha value is -0.0800. The fraction of sp³-hybridized carbons (Fsp3) is 1.00. The molecule has 2 aliphatic heterocycles. The molecule has 0 spiro atoms. The maximum absolute atomic E-state index is 3.53. The Morgan fingerprint density at radius 1 is 0.889 bits per heavy atom. The van der Waals surface area contributed by atoms with E-state index in [1.165, 1.54) is 84.0 Å². The van der Waals surface area contributed by atoms with E-state index in [4.69, 9.17) is 0 Å². The first-order chi connectivity index (χ1) is 8.93. The topological polar surface area (TPSA) is 15.3 Å². The summed E-state index contributed by atoms with van der Waals surface area (Å²) in [5.74, 6) is 2.09. The van der Waals surface area contributed by atoms with Gasteiger partial charge in [0.1, 0.15) is 0 Å². The summed E-state index contributed by atoms with van der Waals surface area (Å²) in [5, 5.41) is 3.53. The molecule has 104 valence electrons. The Bertz CT molecular complexity index is 243. The predicted octanol–water partition coefficient (Wildman–Crippen LogP) is 3.03. The van der Waals surface area contributed by atoms with Gasteiger partial charge in [0.05, 0.1) is 0 Å². The van der Waals surface area contributed by atoms with Gasteiger partial charge in [-0.3, -0.25) is 0 Å². The van der Waals surface area contributed by atoms with E-state index >= 15 is 0 Å². The van der Waals surface area contributed by atoms with E-state index in [2.05, 4.69) is 10.2 Å². The molecule has 0 radical (unpaired) electrons. The molecule has 1 saturated carbocycles. The van der Waals surface area contributed by atoms with Gasteiger partial charge in [-0.25, -0.2) is 0 Å². The Morgan fingerprint density at radius 3 is 2.50 bits per heavy atom. The second kappa shape index (κ2) is 6.38. The zero-order valence-electron chi connectivity index (χ0n) is 11.9. The molecule has 1 atom stereocenters. The highest BCUT2D eigenvalue weighted by Gasteiger charge is 2.30. The van der Waals surface area contributed by atoms with Crippen molar-refractivity contribution in [2.75, 3.05) is 26.2 Å². The predicted molar refractivity (Wildman–Crippen MR) is 76.8 cm³/mol. The molecular formula is C16H30N2. The van der Waals surface area contributed by atoms with Gasteiger partial charge >= 0.3 is 0 Å². The minimum absolute atomic E-state index is 0.924. The average molecular weight is 250 g/mol. The number of hydrogen-bond donors (Lipinski definition) is 1. The van der Waals surface area contributed by atoms with Crippen LogP contribution in [0.1, 0.15) is 57.8 Å². The van der Waals surface area contributed by atoms with E-state index in [0.29, 0.717) is 0 Å². The third-order valence-corrected chi connectivity index (χ3v) is 5.36. The summed E-state index contributed by atoms with van der Waals surface area (Å²) in [6.45, 7) is 5.32. The molecule has 0 aromatic carbocycles. The first kappa shape index (κ1) is 12.9.